The largest absolute Gasteiger partial charge is 0.451 e. The summed E-state index contributed by atoms with van der Waals surface area (Å²) in [6.07, 6.45) is 9.88. The minimum Gasteiger partial charge on any atom is -0.451 e. The maximum atomic E-state index is 12.8. The average molecular weight is 538 g/mol. The zero-order chi connectivity index (χ0) is 27.5. The molecular formula is C33H39N5O2. The van der Waals surface area contributed by atoms with E-state index >= 15 is 0 Å². The second kappa shape index (κ2) is 11.8. The Balaban J connectivity index is 0.973. The number of anilines is 1. The van der Waals surface area contributed by atoms with Crippen LogP contribution in [0.3, 0.4) is 0 Å². The van der Waals surface area contributed by atoms with Gasteiger partial charge in [-0.05, 0) is 105 Å². The normalized spacial score (nSPS) is 20.1. The summed E-state index contributed by atoms with van der Waals surface area (Å²) in [4.78, 5) is 21.1. The lowest BCUT2D eigenvalue weighted by atomic mass is 9.87. The van der Waals surface area contributed by atoms with Crippen LogP contribution in [0.25, 0.3) is 21.9 Å². The lowest BCUT2D eigenvalue weighted by Gasteiger charge is -2.36. The first-order valence-electron chi connectivity index (χ1n) is 14.9. The molecule has 2 aromatic carbocycles. The average Bonchev–Trinajstić information content (AvgIpc) is 3.60. The Hall–Kier alpha value is -3.76. The van der Waals surface area contributed by atoms with E-state index in [9.17, 15) is 10.1 Å². The number of hydrogen-bond acceptors (Lipinski definition) is 5. The number of benzene rings is 2. The first kappa shape index (κ1) is 26.5. The zero-order valence-electron chi connectivity index (χ0n) is 23.4. The number of amides is 1. The summed E-state index contributed by atoms with van der Waals surface area (Å²) in [7, 11) is 0. The van der Waals surface area contributed by atoms with Crippen LogP contribution in [-0.2, 0) is 6.42 Å². The quantitative estimate of drug-likeness (QED) is 0.260. The van der Waals surface area contributed by atoms with Gasteiger partial charge in [0.25, 0.3) is 5.91 Å². The van der Waals surface area contributed by atoms with Gasteiger partial charge in [-0.1, -0.05) is 6.92 Å². The van der Waals surface area contributed by atoms with E-state index in [1.54, 1.807) is 0 Å². The number of nitriles is 1. The molecule has 7 nitrogen and oxygen atoms in total. The second-order valence-corrected chi connectivity index (χ2v) is 11.7. The number of H-pyrrole nitrogens is 1. The molecule has 1 saturated heterocycles. The number of hydrogen-bond donors (Lipinski definition) is 2. The highest BCUT2D eigenvalue weighted by atomic mass is 16.3. The van der Waals surface area contributed by atoms with E-state index in [0.717, 1.165) is 87.2 Å². The Kier molecular flexibility index (Phi) is 7.79. The number of aromatic nitrogens is 1. The molecule has 0 radical (unpaired) electrons. The van der Waals surface area contributed by atoms with Crippen LogP contribution in [-0.4, -0.2) is 54.6 Å². The number of fused-ring (bicyclic) bond motifs is 2. The van der Waals surface area contributed by atoms with E-state index in [2.05, 4.69) is 51.4 Å². The van der Waals surface area contributed by atoms with Crippen molar-refractivity contribution in [2.45, 2.75) is 57.9 Å². The SMILES string of the molecule is CC1CCC(NC(=O)c2cc3cc(N4CCN(CCCCc5c[nH]c6ccc(C#N)cc56)CC4)ccc3o2)CC1. The van der Waals surface area contributed by atoms with Crippen LogP contribution in [0.15, 0.2) is 53.1 Å². The summed E-state index contributed by atoms with van der Waals surface area (Å²) < 4.78 is 5.91. The number of unbranched alkanes of at least 4 members (excludes halogenated alkanes) is 1. The Morgan fingerprint density at radius 1 is 1.05 bits per heavy atom. The van der Waals surface area contributed by atoms with Gasteiger partial charge in [-0.3, -0.25) is 9.69 Å². The van der Waals surface area contributed by atoms with E-state index in [0.29, 0.717) is 11.3 Å². The van der Waals surface area contributed by atoms with Crippen molar-refractivity contribution < 1.29 is 9.21 Å². The van der Waals surface area contributed by atoms with Gasteiger partial charge < -0.3 is 19.6 Å². The maximum absolute atomic E-state index is 12.8. The molecule has 40 heavy (non-hydrogen) atoms. The van der Waals surface area contributed by atoms with Gasteiger partial charge in [0.1, 0.15) is 5.58 Å². The Morgan fingerprint density at radius 2 is 1.88 bits per heavy atom. The van der Waals surface area contributed by atoms with Crippen molar-refractivity contribution in [3.63, 3.8) is 0 Å². The second-order valence-electron chi connectivity index (χ2n) is 11.7. The fourth-order valence-electron chi connectivity index (χ4n) is 6.34. The fraction of sp³-hybridized carbons (Fsp3) is 0.455. The predicted octanol–water partition coefficient (Wildman–Crippen LogP) is 6.24. The third kappa shape index (κ3) is 5.88. The molecule has 1 aliphatic carbocycles. The fourth-order valence-corrected chi connectivity index (χ4v) is 6.34. The molecule has 7 heteroatoms. The molecule has 6 rings (SSSR count). The molecule has 0 unspecified atom stereocenters. The van der Waals surface area contributed by atoms with Gasteiger partial charge in [-0.2, -0.15) is 5.26 Å². The summed E-state index contributed by atoms with van der Waals surface area (Å²) in [5, 5.41) is 14.6. The van der Waals surface area contributed by atoms with Gasteiger partial charge in [0.05, 0.1) is 11.6 Å². The van der Waals surface area contributed by atoms with Crippen LogP contribution in [0.5, 0.6) is 0 Å². The van der Waals surface area contributed by atoms with Gasteiger partial charge in [0, 0.05) is 60.4 Å². The Morgan fingerprint density at radius 3 is 2.67 bits per heavy atom. The molecule has 0 spiro atoms. The molecular weight excluding hydrogens is 498 g/mol. The van der Waals surface area contributed by atoms with E-state index in [1.807, 2.05) is 30.3 Å². The lowest BCUT2D eigenvalue weighted by Crippen LogP contribution is -2.46. The summed E-state index contributed by atoms with van der Waals surface area (Å²) in [6.45, 7) is 7.49. The molecule has 0 atom stereocenters. The van der Waals surface area contributed by atoms with Crippen molar-refractivity contribution in [3.8, 4) is 6.07 Å². The van der Waals surface area contributed by atoms with Crippen LogP contribution in [0, 0.1) is 17.2 Å². The third-order valence-electron chi connectivity index (χ3n) is 8.88. The molecule has 2 fully saturated rings. The summed E-state index contributed by atoms with van der Waals surface area (Å²) in [5.41, 5.74) is 5.08. The number of aromatic amines is 1. The van der Waals surface area contributed by atoms with Crippen LogP contribution < -0.4 is 10.2 Å². The van der Waals surface area contributed by atoms with Crippen molar-refractivity contribution in [2.75, 3.05) is 37.6 Å². The molecule has 3 heterocycles. The van der Waals surface area contributed by atoms with Gasteiger partial charge in [-0.25, -0.2) is 0 Å². The van der Waals surface area contributed by atoms with Crippen molar-refractivity contribution in [1.82, 2.24) is 15.2 Å². The molecule has 4 aromatic rings. The molecule has 1 saturated carbocycles. The van der Waals surface area contributed by atoms with E-state index in [4.69, 9.17) is 4.42 Å². The number of aryl methyl sites for hydroxylation is 1. The predicted molar refractivity (Wildman–Crippen MR) is 160 cm³/mol. The lowest BCUT2D eigenvalue weighted by molar-refractivity contribution is 0.0897. The standard InChI is InChI=1S/C33H39N5O2/c1-23-5-8-27(9-6-23)36-33(39)32-20-26-19-28(10-12-31(26)40-32)38-16-14-37(15-17-38)13-3-2-4-25-22-35-30-11-7-24(21-34)18-29(25)30/h7,10-12,18-20,22-23,27,35H,2-6,8-9,13-17H2,1H3,(H,36,39). The van der Waals surface area contributed by atoms with Gasteiger partial charge in [-0.15, -0.1) is 0 Å². The Bertz CT molecular complexity index is 1510. The highest BCUT2D eigenvalue weighted by molar-refractivity contribution is 5.97. The van der Waals surface area contributed by atoms with Crippen molar-refractivity contribution in [1.29, 1.82) is 5.26 Å². The summed E-state index contributed by atoms with van der Waals surface area (Å²) >= 11 is 0. The van der Waals surface area contributed by atoms with E-state index < -0.39 is 0 Å². The van der Waals surface area contributed by atoms with Crippen LogP contribution in [0.1, 0.15) is 67.1 Å². The van der Waals surface area contributed by atoms with Gasteiger partial charge in [0.15, 0.2) is 5.76 Å². The Labute approximate surface area is 236 Å². The number of nitrogens with zero attached hydrogens (tertiary/aromatic N) is 3. The molecule has 0 bridgehead atoms. The number of rotatable bonds is 8. The first-order valence-corrected chi connectivity index (χ1v) is 14.9. The summed E-state index contributed by atoms with van der Waals surface area (Å²) in [6, 6.07) is 16.5. The van der Waals surface area contributed by atoms with E-state index in [1.165, 1.54) is 29.5 Å². The minimum absolute atomic E-state index is 0.0949. The smallest absolute Gasteiger partial charge is 0.287 e. The number of carbonyl (C=O) groups excluding carboxylic acids is 1. The van der Waals surface area contributed by atoms with E-state index in [-0.39, 0.29) is 11.9 Å². The van der Waals surface area contributed by atoms with Crippen LogP contribution in [0.4, 0.5) is 5.69 Å². The van der Waals surface area contributed by atoms with Crippen molar-refractivity contribution in [3.05, 3.63) is 65.5 Å². The first-order chi connectivity index (χ1) is 19.6. The molecule has 208 valence electrons. The van der Waals surface area contributed by atoms with Crippen LogP contribution >= 0.6 is 0 Å². The molecule has 2 aromatic heterocycles. The minimum atomic E-state index is -0.0949. The summed E-state index contributed by atoms with van der Waals surface area (Å²) in [5.74, 6) is 1.08. The zero-order valence-corrected chi connectivity index (χ0v) is 23.4. The molecule has 1 amide bonds. The van der Waals surface area contributed by atoms with Gasteiger partial charge >= 0.3 is 0 Å². The topological polar surface area (TPSA) is 88.3 Å². The number of nitrogens with one attached hydrogen (secondary N) is 2. The maximum Gasteiger partial charge on any atom is 0.287 e. The molecule has 2 N–H and O–H groups in total. The number of carbonyl (C=O) groups is 1. The monoisotopic (exact) mass is 537 g/mol. The molecule has 1 aliphatic heterocycles. The van der Waals surface area contributed by atoms with Gasteiger partial charge in [0.2, 0.25) is 0 Å². The number of furan rings is 1. The third-order valence-corrected chi connectivity index (χ3v) is 8.88. The van der Waals surface area contributed by atoms with Crippen molar-refractivity contribution >= 4 is 33.5 Å². The highest BCUT2D eigenvalue weighted by Gasteiger charge is 2.23. The van der Waals surface area contributed by atoms with Crippen LogP contribution in [0.2, 0.25) is 0 Å². The molecule has 2 aliphatic rings. The number of piperazine rings is 1. The van der Waals surface area contributed by atoms with Crippen molar-refractivity contribution in [2.24, 2.45) is 5.92 Å². The highest BCUT2D eigenvalue weighted by Crippen LogP contribution is 2.28.